The molecule has 1 atom stereocenters. The van der Waals surface area contributed by atoms with Gasteiger partial charge in [-0.1, -0.05) is 56.7 Å². The van der Waals surface area contributed by atoms with Crippen LogP contribution >= 0.6 is 0 Å². The molecule has 3 amide bonds. The minimum Gasteiger partial charge on any atom is -0.351 e. The number of benzene rings is 1. The molecule has 0 radical (unpaired) electrons. The first-order valence-electron chi connectivity index (χ1n) is 11.9. The van der Waals surface area contributed by atoms with Crippen LogP contribution < -0.4 is 16.0 Å². The average Bonchev–Trinajstić information content (AvgIpc) is 2.85. The topological polar surface area (TPSA) is 137 Å². The van der Waals surface area contributed by atoms with Gasteiger partial charge in [-0.25, -0.2) is 4.98 Å². The molecule has 0 spiro atoms. The Labute approximate surface area is 212 Å². The van der Waals surface area contributed by atoms with E-state index in [9.17, 15) is 19.6 Å². The molecule has 0 fully saturated rings. The summed E-state index contributed by atoms with van der Waals surface area (Å²) in [6.45, 7) is 8.41. The lowest BCUT2D eigenvalue weighted by molar-refractivity contribution is -0.123. The zero-order chi connectivity index (χ0) is 26.6. The Hall–Kier alpha value is -4.06. The van der Waals surface area contributed by atoms with E-state index in [0.717, 1.165) is 11.1 Å². The number of allylic oxidation sites excluding steroid dienone is 1. The van der Waals surface area contributed by atoms with Crippen molar-refractivity contribution in [2.75, 3.05) is 6.54 Å². The van der Waals surface area contributed by atoms with Crippen LogP contribution in [0.3, 0.4) is 0 Å². The summed E-state index contributed by atoms with van der Waals surface area (Å²) < 4.78 is 0. The molecule has 0 bridgehead atoms. The van der Waals surface area contributed by atoms with Crippen molar-refractivity contribution in [2.24, 2.45) is 5.41 Å². The van der Waals surface area contributed by atoms with E-state index in [1.54, 1.807) is 6.08 Å². The Morgan fingerprint density at radius 2 is 1.81 bits per heavy atom. The molecule has 1 unspecified atom stereocenters. The number of nitrogens with one attached hydrogen (secondary N) is 3. The molecule has 0 aliphatic carbocycles. The lowest BCUT2D eigenvalue weighted by Gasteiger charge is -2.18. The third kappa shape index (κ3) is 10.1. The van der Waals surface area contributed by atoms with Gasteiger partial charge in [-0.05, 0) is 37.2 Å². The second-order valence-electron chi connectivity index (χ2n) is 9.61. The number of carbonyl (C=O) groups excluding carboxylic acids is 3. The summed E-state index contributed by atoms with van der Waals surface area (Å²) in [4.78, 5) is 45.6. The fourth-order valence-corrected chi connectivity index (χ4v) is 3.29. The van der Waals surface area contributed by atoms with E-state index in [0.29, 0.717) is 32.4 Å². The van der Waals surface area contributed by atoms with Crippen molar-refractivity contribution in [2.45, 2.75) is 59.5 Å². The van der Waals surface area contributed by atoms with E-state index in [-0.39, 0.29) is 22.6 Å². The van der Waals surface area contributed by atoms with Crippen LogP contribution in [0.2, 0.25) is 0 Å². The van der Waals surface area contributed by atoms with Gasteiger partial charge in [0, 0.05) is 25.5 Å². The largest absolute Gasteiger partial charge is 0.351 e. The molecule has 3 N–H and O–H groups in total. The summed E-state index contributed by atoms with van der Waals surface area (Å²) in [5.74, 6) is -1.22. The van der Waals surface area contributed by atoms with Crippen molar-refractivity contribution in [3.8, 4) is 6.07 Å². The molecule has 0 aliphatic heterocycles. The molecule has 9 nitrogen and oxygen atoms in total. The summed E-state index contributed by atoms with van der Waals surface area (Å²) in [6.07, 6.45) is 7.35. The first kappa shape index (κ1) is 28.2. The summed E-state index contributed by atoms with van der Waals surface area (Å²) >= 11 is 0. The smallest absolute Gasteiger partial charge is 0.272 e. The van der Waals surface area contributed by atoms with E-state index >= 15 is 0 Å². The predicted octanol–water partition coefficient (Wildman–Crippen LogP) is 2.98. The maximum Gasteiger partial charge on any atom is 0.272 e. The average molecular weight is 491 g/mol. The molecule has 2 rings (SSSR count). The lowest BCUT2D eigenvalue weighted by atomic mass is 9.93. The van der Waals surface area contributed by atoms with Crippen molar-refractivity contribution in [3.63, 3.8) is 0 Å². The van der Waals surface area contributed by atoms with Crippen LogP contribution in [0.1, 0.15) is 61.6 Å². The molecule has 1 heterocycles. The summed E-state index contributed by atoms with van der Waals surface area (Å²) in [7, 11) is 0. The zero-order valence-electron chi connectivity index (χ0n) is 21.3. The van der Waals surface area contributed by atoms with Crippen molar-refractivity contribution in [1.82, 2.24) is 25.9 Å². The highest BCUT2D eigenvalue weighted by Gasteiger charge is 2.22. The second kappa shape index (κ2) is 13.7. The van der Waals surface area contributed by atoms with Crippen LogP contribution in [0.5, 0.6) is 0 Å². The Kier molecular flexibility index (Phi) is 10.7. The summed E-state index contributed by atoms with van der Waals surface area (Å²) in [5, 5.41) is 17.6. The SMILES string of the molecule is Cc1ccc(CNC(=O)C(CCCCNC(=O)C(C#N)=CC(C)(C)C)NC(=O)c2cnccn2)cc1. The van der Waals surface area contributed by atoms with Crippen LogP contribution in [0.25, 0.3) is 0 Å². The van der Waals surface area contributed by atoms with Crippen molar-refractivity contribution in [3.05, 3.63) is 71.3 Å². The molecule has 36 heavy (non-hydrogen) atoms. The van der Waals surface area contributed by atoms with E-state index in [2.05, 4.69) is 25.9 Å². The second-order valence-corrected chi connectivity index (χ2v) is 9.61. The molecular formula is C27H34N6O3. The maximum atomic E-state index is 12.9. The van der Waals surface area contributed by atoms with E-state index in [1.807, 2.05) is 58.0 Å². The molecule has 1 aromatic carbocycles. The van der Waals surface area contributed by atoms with Gasteiger partial charge >= 0.3 is 0 Å². The highest BCUT2D eigenvalue weighted by Crippen LogP contribution is 2.17. The summed E-state index contributed by atoms with van der Waals surface area (Å²) in [6, 6.07) is 8.97. The highest BCUT2D eigenvalue weighted by molar-refractivity contribution is 5.97. The molecular weight excluding hydrogens is 456 g/mol. The van der Waals surface area contributed by atoms with Crippen molar-refractivity contribution in [1.29, 1.82) is 5.26 Å². The van der Waals surface area contributed by atoms with Gasteiger partial charge in [0.15, 0.2) is 0 Å². The van der Waals surface area contributed by atoms with Gasteiger partial charge in [0.2, 0.25) is 5.91 Å². The van der Waals surface area contributed by atoms with Gasteiger partial charge in [0.25, 0.3) is 11.8 Å². The van der Waals surface area contributed by atoms with Crippen molar-refractivity contribution < 1.29 is 14.4 Å². The third-order valence-corrected chi connectivity index (χ3v) is 5.15. The van der Waals surface area contributed by atoms with E-state index in [4.69, 9.17) is 0 Å². The van der Waals surface area contributed by atoms with Crippen LogP contribution in [-0.2, 0) is 16.1 Å². The Morgan fingerprint density at radius 1 is 1.08 bits per heavy atom. The molecule has 0 aliphatic rings. The molecule has 190 valence electrons. The number of amides is 3. The minimum absolute atomic E-state index is 0.0760. The fourth-order valence-electron chi connectivity index (χ4n) is 3.29. The molecule has 9 heteroatoms. The van der Waals surface area contributed by atoms with Crippen LogP contribution in [0, 0.1) is 23.7 Å². The number of hydrogen-bond acceptors (Lipinski definition) is 6. The number of aromatic nitrogens is 2. The maximum absolute atomic E-state index is 12.9. The number of nitriles is 1. The van der Waals surface area contributed by atoms with Crippen LogP contribution in [-0.4, -0.2) is 40.3 Å². The Bertz CT molecular complexity index is 1100. The number of rotatable bonds is 11. The summed E-state index contributed by atoms with van der Waals surface area (Å²) in [5.41, 5.74) is 1.99. The van der Waals surface area contributed by atoms with Gasteiger partial charge in [0.1, 0.15) is 23.4 Å². The number of hydrogen-bond donors (Lipinski definition) is 3. The van der Waals surface area contributed by atoms with E-state index < -0.39 is 17.9 Å². The molecule has 1 aromatic heterocycles. The van der Waals surface area contributed by atoms with Gasteiger partial charge in [-0.3, -0.25) is 19.4 Å². The fraction of sp³-hybridized carbons (Fsp3) is 0.407. The third-order valence-electron chi connectivity index (χ3n) is 5.15. The Balaban J connectivity index is 1.93. The quantitative estimate of drug-likeness (QED) is 0.252. The predicted molar refractivity (Wildman–Crippen MR) is 136 cm³/mol. The minimum atomic E-state index is -0.781. The number of unbranched alkanes of at least 4 members (excludes halogenated alkanes) is 1. The first-order valence-corrected chi connectivity index (χ1v) is 11.9. The number of carbonyl (C=O) groups is 3. The molecule has 0 saturated carbocycles. The van der Waals surface area contributed by atoms with Crippen LogP contribution in [0.15, 0.2) is 54.5 Å². The van der Waals surface area contributed by atoms with E-state index in [1.165, 1.54) is 18.6 Å². The van der Waals surface area contributed by atoms with Crippen LogP contribution in [0.4, 0.5) is 0 Å². The Morgan fingerprint density at radius 3 is 2.42 bits per heavy atom. The normalized spacial score (nSPS) is 12.2. The number of aryl methyl sites for hydroxylation is 1. The van der Waals surface area contributed by atoms with Crippen molar-refractivity contribution >= 4 is 17.7 Å². The molecule has 2 aromatic rings. The lowest BCUT2D eigenvalue weighted by Crippen LogP contribution is -2.46. The standard InChI is InChI=1S/C27H34N6O3/c1-19-8-10-20(11-9-19)17-32-25(35)22(33-26(36)23-18-29-13-14-30-23)7-5-6-12-31-24(34)21(16-28)15-27(2,3)4/h8-11,13-15,18,22H,5-7,12,17H2,1-4H3,(H,31,34)(H,32,35)(H,33,36). The zero-order valence-corrected chi connectivity index (χ0v) is 21.3. The highest BCUT2D eigenvalue weighted by atomic mass is 16.2. The van der Waals surface area contributed by atoms with Gasteiger partial charge in [-0.2, -0.15) is 5.26 Å². The van der Waals surface area contributed by atoms with Gasteiger partial charge < -0.3 is 16.0 Å². The molecule has 0 saturated heterocycles. The van der Waals surface area contributed by atoms with Gasteiger partial charge in [0.05, 0.1) is 6.20 Å². The number of nitrogens with zero attached hydrogens (tertiary/aromatic N) is 3. The first-order chi connectivity index (χ1) is 17.1. The monoisotopic (exact) mass is 490 g/mol. The van der Waals surface area contributed by atoms with Gasteiger partial charge in [-0.15, -0.1) is 0 Å².